The lowest BCUT2D eigenvalue weighted by Crippen LogP contribution is -2.22. The number of hydrogen-bond acceptors (Lipinski definition) is 6. The topological polar surface area (TPSA) is 93.3 Å². The van der Waals surface area contributed by atoms with Gasteiger partial charge in [-0.15, -0.1) is 0 Å². The van der Waals surface area contributed by atoms with E-state index in [0.29, 0.717) is 12.5 Å². The van der Waals surface area contributed by atoms with Gasteiger partial charge >= 0.3 is 0 Å². The van der Waals surface area contributed by atoms with Crippen LogP contribution in [0.2, 0.25) is 0 Å². The van der Waals surface area contributed by atoms with Crippen LogP contribution in [-0.2, 0) is 0 Å². The Labute approximate surface area is 158 Å². The predicted molar refractivity (Wildman–Crippen MR) is 104 cm³/mol. The van der Waals surface area contributed by atoms with Crippen molar-refractivity contribution in [2.75, 3.05) is 26.7 Å². The summed E-state index contributed by atoms with van der Waals surface area (Å²) in [6, 6.07) is 6.39. The first-order valence-corrected chi connectivity index (χ1v) is 9.49. The molecule has 3 heterocycles. The monoisotopic (exact) mass is 369 g/mol. The van der Waals surface area contributed by atoms with Crippen LogP contribution in [0.15, 0.2) is 22.7 Å². The number of likely N-dealkylation sites (N-methyl/N-ethyl adjacent to an activating group) is 1. The number of rotatable bonds is 5. The fraction of sp³-hybridized carbons (Fsp3) is 0.500. The first-order chi connectivity index (χ1) is 13.0. The van der Waals surface area contributed by atoms with E-state index in [9.17, 15) is 5.11 Å². The Hall–Kier alpha value is -2.22. The average molecular weight is 369 g/mol. The largest absolute Gasteiger partial charge is 0.396 e. The standard InChI is InChI=1S/C20H27N5O2/c1-12-19(13(2)27-23-12)14-4-5-18-17(10-14)22-20(16(21)7-9-26)25(18)15-6-8-24(3)11-15/h4-5,10,15-16,26H,6-9,11,21H2,1-3H3/t15-,16?/m1/s1. The first kappa shape index (κ1) is 18.2. The highest BCUT2D eigenvalue weighted by Crippen LogP contribution is 2.34. The van der Waals surface area contributed by atoms with E-state index < -0.39 is 0 Å². The van der Waals surface area contributed by atoms with Gasteiger partial charge < -0.3 is 24.8 Å². The summed E-state index contributed by atoms with van der Waals surface area (Å²) in [7, 11) is 2.14. The molecule has 2 aromatic heterocycles. The number of aryl methyl sites for hydroxylation is 2. The molecule has 1 saturated heterocycles. The van der Waals surface area contributed by atoms with Crippen LogP contribution < -0.4 is 5.73 Å². The van der Waals surface area contributed by atoms with Gasteiger partial charge in [0, 0.05) is 24.8 Å². The van der Waals surface area contributed by atoms with Crippen molar-refractivity contribution in [2.24, 2.45) is 5.73 Å². The number of nitrogens with zero attached hydrogens (tertiary/aromatic N) is 4. The summed E-state index contributed by atoms with van der Waals surface area (Å²) in [5.74, 6) is 1.66. The lowest BCUT2D eigenvalue weighted by molar-refractivity contribution is 0.272. The molecule has 1 unspecified atom stereocenters. The highest BCUT2D eigenvalue weighted by atomic mass is 16.5. The summed E-state index contributed by atoms with van der Waals surface area (Å²) in [5.41, 5.74) is 11.3. The summed E-state index contributed by atoms with van der Waals surface area (Å²) in [6.07, 6.45) is 1.58. The quantitative estimate of drug-likeness (QED) is 0.718. The van der Waals surface area contributed by atoms with E-state index in [-0.39, 0.29) is 12.6 Å². The molecule has 0 radical (unpaired) electrons. The molecule has 0 bridgehead atoms. The van der Waals surface area contributed by atoms with Crippen molar-refractivity contribution in [1.29, 1.82) is 0 Å². The second-order valence-corrected chi connectivity index (χ2v) is 7.57. The SMILES string of the molecule is Cc1noc(C)c1-c1ccc2c(c1)nc(C(N)CCO)n2[C@@H]1CCN(C)C1. The molecule has 2 atom stereocenters. The van der Waals surface area contributed by atoms with Crippen molar-refractivity contribution in [2.45, 2.75) is 38.8 Å². The molecule has 4 rings (SSSR count). The number of benzene rings is 1. The Morgan fingerprint density at radius 2 is 2.19 bits per heavy atom. The number of fused-ring (bicyclic) bond motifs is 1. The number of aromatic nitrogens is 3. The van der Waals surface area contributed by atoms with E-state index in [1.165, 1.54) is 0 Å². The lowest BCUT2D eigenvalue weighted by atomic mass is 10.0. The molecule has 1 aromatic carbocycles. The Morgan fingerprint density at radius 3 is 2.81 bits per heavy atom. The molecular weight excluding hydrogens is 342 g/mol. The Morgan fingerprint density at radius 1 is 1.37 bits per heavy atom. The van der Waals surface area contributed by atoms with Gasteiger partial charge in [-0.1, -0.05) is 11.2 Å². The van der Waals surface area contributed by atoms with Gasteiger partial charge in [0.05, 0.1) is 22.8 Å². The third kappa shape index (κ3) is 3.16. The van der Waals surface area contributed by atoms with Gasteiger partial charge in [0.1, 0.15) is 11.6 Å². The maximum atomic E-state index is 9.36. The molecule has 3 N–H and O–H groups in total. The van der Waals surface area contributed by atoms with Crippen LogP contribution in [0, 0.1) is 13.8 Å². The van der Waals surface area contributed by atoms with E-state index in [1.54, 1.807) is 0 Å². The Bertz CT molecular complexity index is 941. The summed E-state index contributed by atoms with van der Waals surface area (Å²) in [5, 5.41) is 13.4. The van der Waals surface area contributed by atoms with E-state index in [1.807, 2.05) is 13.8 Å². The van der Waals surface area contributed by atoms with Gasteiger partial charge in [-0.3, -0.25) is 0 Å². The van der Waals surface area contributed by atoms with Gasteiger partial charge in [0.25, 0.3) is 0 Å². The zero-order valence-electron chi connectivity index (χ0n) is 16.1. The third-order valence-corrected chi connectivity index (χ3v) is 5.54. The minimum Gasteiger partial charge on any atom is -0.396 e. The number of aliphatic hydroxyl groups is 1. The smallest absolute Gasteiger partial charge is 0.141 e. The molecule has 7 heteroatoms. The highest BCUT2D eigenvalue weighted by Gasteiger charge is 2.27. The minimum atomic E-state index is -0.282. The number of nitrogens with two attached hydrogens (primary N) is 1. The van der Waals surface area contributed by atoms with Crippen LogP contribution in [-0.4, -0.2) is 51.5 Å². The molecule has 1 fully saturated rings. The second kappa shape index (κ2) is 7.07. The van der Waals surface area contributed by atoms with E-state index in [4.69, 9.17) is 15.2 Å². The molecular formula is C20H27N5O2. The van der Waals surface area contributed by atoms with Crippen molar-refractivity contribution >= 4 is 11.0 Å². The second-order valence-electron chi connectivity index (χ2n) is 7.57. The van der Waals surface area contributed by atoms with Crippen LogP contribution in [0.4, 0.5) is 0 Å². The Balaban J connectivity index is 1.85. The summed E-state index contributed by atoms with van der Waals surface area (Å²) in [6.45, 7) is 5.98. The average Bonchev–Trinajstić information content (AvgIpc) is 3.31. The molecule has 0 amide bonds. The maximum absolute atomic E-state index is 9.36. The maximum Gasteiger partial charge on any atom is 0.141 e. The lowest BCUT2D eigenvalue weighted by Gasteiger charge is -2.20. The van der Waals surface area contributed by atoms with E-state index in [0.717, 1.165) is 58.9 Å². The molecule has 144 valence electrons. The van der Waals surface area contributed by atoms with Crippen LogP contribution in [0.1, 0.15) is 42.2 Å². The summed E-state index contributed by atoms with van der Waals surface area (Å²) >= 11 is 0. The van der Waals surface area contributed by atoms with Gasteiger partial charge in [-0.05, 0) is 58.0 Å². The van der Waals surface area contributed by atoms with Gasteiger partial charge in [0.2, 0.25) is 0 Å². The number of hydrogen-bond donors (Lipinski definition) is 2. The fourth-order valence-corrected chi connectivity index (χ4v) is 4.20. The molecule has 1 aliphatic heterocycles. The van der Waals surface area contributed by atoms with Crippen LogP contribution >= 0.6 is 0 Å². The molecule has 1 aliphatic rings. The molecule has 27 heavy (non-hydrogen) atoms. The number of likely N-dealkylation sites (tertiary alicyclic amines) is 1. The zero-order chi connectivity index (χ0) is 19.1. The van der Waals surface area contributed by atoms with Crippen molar-refractivity contribution in [3.63, 3.8) is 0 Å². The van der Waals surface area contributed by atoms with Crippen LogP contribution in [0.3, 0.4) is 0 Å². The molecule has 0 aliphatic carbocycles. The molecule has 3 aromatic rings. The van der Waals surface area contributed by atoms with Gasteiger partial charge in [-0.2, -0.15) is 0 Å². The van der Waals surface area contributed by atoms with Gasteiger partial charge in [-0.25, -0.2) is 4.98 Å². The van der Waals surface area contributed by atoms with E-state index in [2.05, 4.69) is 39.9 Å². The molecule has 0 spiro atoms. The summed E-state index contributed by atoms with van der Waals surface area (Å²) in [4.78, 5) is 7.22. The summed E-state index contributed by atoms with van der Waals surface area (Å²) < 4.78 is 7.61. The first-order valence-electron chi connectivity index (χ1n) is 9.49. The van der Waals surface area contributed by atoms with E-state index >= 15 is 0 Å². The van der Waals surface area contributed by atoms with Crippen molar-refractivity contribution in [3.05, 3.63) is 35.5 Å². The van der Waals surface area contributed by atoms with Crippen molar-refractivity contribution in [1.82, 2.24) is 19.6 Å². The molecule has 0 saturated carbocycles. The van der Waals surface area contributed by atoms with Crippen LogP contribution in [0.5, 0.6) is 0 Å². The third-order valence-electron chi connectivity index (χ3n) is 5.54. The Kier molecular flexibility index (Phi) is 4.75. The fourth-order valence-electron chi connectivity index (χ4n) is 4.20. The normalized spacial score (nSPS) is 19.2. The zero-order valence-corrected chi connectivity index (χ0v) is 16.1. The number of imidazole rings is 1. The minimum absolute atomic E-state index is 0.0548. The van der Waals surface area contributed by atoms with Crippen molar-refractivity contribution < 1.29 is 9.63 Å². The highest BCUT2D eigenvalue weighted by molar-refractivity contribution is 5.84. The van der Waals surface area contributed by atoms with Gasteiger partial charge in [0.15, 0.2) is 0 Å². The number of aliphatic hydroxyl groups excluding tert-OH is 1. The predicted octanol–water partition coefficient (Wildman–Crippen LogP) is 2.57. The van der Waals surface area contributed by atoms with Crippen LogP contribution in [0.25, 0.3) is 22.2 Å². The molecule has 7 nitrogen and oxygen atoms in total. The van der Waals surface area contributed by atoms with Crippen molar-refractivity contribution in [3.8, 4) is 11.1 Å².